The first kappa shape index (κ1) is 10.7. The van der Waals surface area contributed by atoms with Gasteiger partial charge < -0.3 is 0 Å². The number of fused-ring (bicyclic) bond motifs is 1. The molecule has 3 aromatic rings. The van der Waals surface area contributed by atoms with Crippen molar-refractivity contribution in [3.05, 3.63) is 63.4 Å². The topological polar surface area (TPSA) is 22.0 Å². The summed E-state index contributed by atoms with van der Waals surface area (Å²) in [6.45, 7) is 0. The van der Waals surface area contributed by atoms with Gasteiger partial charge in [0.05, 0.1) is 15.8 Å². The van der Waals surface area contributed by atoms with Gasteiger partial charge in [0.1, 0.15) is 0 Å². The van der Waals surface area contributed by atoms with E-state index in [1.165, 1.54) is 11.5 Å². The molecule has 0 radical (unpaired) electrons. The molecule has 0 amide bonds. The zero-order chi connectivity index (χ0) is 11.8. The first-order valence-electron chi connectivity index (χ1n) is 5.13. The minimum Gasteiger partial charge on any atom is -0.267 e. The van der Waals surface area contributed by atoms with Crippen molar-refractivity contribution in [2.75, 3.05) is 0 Å². The highest BCUT2D eigenvalue weighted by Gasteiger charge is 2.07. The number of hydrogen-bond acceptors (Lipinski definition) is 2. The molecule has 0 aliphatic rings. The molecule has 4 heteroatoms. The van der Waals surface area contributed by atoms with Crippen LogP contribution in [0.3, 0.4) is 0 Å². The molecule has 84 valence electrons. The van der Waals surface area contributed by atoms with Crippen molar-refractivity contribution in [3.63, 3.8) is 0 Å². The molecular weight excluding hydrogens is 298 g/mol. The van der Waals surface area contributed by atoms with Crippen LogP contribution in [0.2, 0.25) is 0 Å². The van der Waals surface area contributed by atoms with Crippen LogP contribution in [-0.2, 0) is 0 Å². The Balaban J connectivity index is 2.27. The molecule has 0 spiro atoms. The van der Waals surface area contributed by atoms with Crippen LogP contribution < -0.4 is 5.56 Å². The Morgan fingerprint density at radius 2 is 1.71 bits per heavy atom. The molecule has 1 heterocycles. The Morgan fingerprint density at radius 3 is 2.41 bits per heavy atom. The third-order valence-electron chi connectivity index (χ3n) is 2.55. The third kappa shape index (κ3) is 1.83. The molecule has 1 aromatic heterocycles. The SMILES string of the molecule is O=c1c2ccccc2sn1-c1ccc(Br)cc1. The van der Waals surface area contributed by atoms with Gasteiger partial charge in [-0.25, -0.2) is 3.96 Å². The quantitative estimate of drug-likeness (QED) is 0.670. The molecular formula is C13H8BrNOS. The summed E-state index contributed by atoms with van der Waals surface area (Å²) in [4.78, 5) is 12.2. The van der Waals surface area contributed by atoms with Crippen molar-refractivity contribution in [2.45, 2.75) is 0 Å². The average molecular weight is 306 g/mol. The van der Waals surface area contributed by atoms with Crippen LogP contribution in [-0.4, -0.2) is 3.96 Å². The van der Waals surface area contributed by atoms with Crippen LogP contribution in [0.5, 0.6) is 0 Å². The summed E-state index contributed by atoms with van der Waals surface area (Å²) in [5.74, 6) is 0. The van der Waals surface area contributed by atoms with Crippen LogP contribution in [0, 0.1) is 0 Å². The zero-order valence-corrected chi connectivity index (χ0v) is 11.2. The molecule has 0 saturated carbocycles. The van der Waals surface area contributed by atoms with Gasteiger partial charge in [-0.05, 0) is 36.4 Å². The Morgan fingerprint density at radius 1 is 1.00 bits per heavy atom. The predicted octanol–water partition coefficient (Wildman–Crippen LogP) is 3.81. The van der Waals surface area contributed by atoms with E-state index in [1.807, 2.05) is 48.5 Å². The molecule has 0 unspecified atom stereocenters. The molecule has 0 aliphatic carbocycles. The summed E-state index contributed by atoms with van der Waals surface area (Å²) < 4.78 is 3.74. The lowest BCUT2D eigenvalue weighted by Gasteiger charge is -1.99. The van der Waals surface area contributed by atoms with Crippen molar-refractivity contribution in [3.8, 4) is 5.69 Å². The molecule has 0 saturated heterocycles. The number of nitrogens with zero attached hydrogens (tertiary/aromatic N) is 1. The maximum Gasteiger partial charge on any atom is 0.273 e. The number of halogens is 1. The van der Waals surface area contributed by atoms with E-state index in [4.69, 9.17) is 0 Å². The van der Waals surface area contributed by atoms with Crippen molar-refractivity contribution in [2.24, 2.45) is 0 Å². The maximum atomic E-state index is 12.2. The summed E-state index contributed by atoms with van der Waals surface area (Å²) in [7, 11) is 0. The van der Waals surface area contributed by atoms with Gasteiger partial charge >= 0.3 is 0 Å². The average Bonchev–Trinajstić information content (AvgIpc) is 2.69. The van der Waals surface area contributed by atoms with Crippen LogP contribution in [0.25, 0.3) is 15.8 Å². The van der Waals surface area contributed by atoms with Crippen LogP contribution in [0.4, 0.5) is 0 Å². The fourth-order valence-electron chi connectivity index (χ4n) is 1.72. The van der Waals surface area contributed by atoms with E-state index in [1.54, 1.807) is 3.96 Å². The van der Waals surface area contributed by atoms with Gasteiger partial charge in [0.25, 0.3) is 5.56 Å². The van der Waals surface area contributed by atoms with Crippen molar-refractivity contribution >= 4 is 37.5 Å². The van der Waals surface area contributed by atoms with Gasteiger partial charge in [0.2, 0.25) is 0 Å². The summed E-state index contributed by atoms with van der Waals surface area (Å²) in [6, 6.07) is 15.4. The minimum absolute atomic E-state index is 0.0490. The molecule has 0 N–H and O–H groups in total. The minimum atomic E-state index is 0.0490. The van der Waals surface area contributed by atoms with E-state index in [0.717, 1.165) is 20.2 Å². The van der Waals surface area contributed by atoms with E-state index in [2.05, 4.69) is 15.9 Å². The van der Waals surface area contributed by atoms with E-state index in [-0.39, 0.29) is 5.56 Å². The second-order valence-corrected chi connectivity index (χ2v) is 5.57. The summed E-state index contributed by atoms with van der Waals surface area (Å²) >= 11 is 4.86. The van der Waals surface area contributed by atoms with Gasteiger partial charge in [-0.2, -0.15) is 0 Å². The number of hydrogen-bond donors (Lipinski definition) is 0. The Hall–Kier alpha value is -1.39. The monoisotopic (exact) mass is 305 g/mol. The maximum absolute atomic E-state index is 12.2. The Bertz CT molecular complexity index is 727. The highest BCUT2D eigenvalue weighted by molar-refractivity contribution is 9.10. The normalized spacial score (nSPS) is 10.9. The second kappa shape index (κ2) is 4.13. The number of aromatic nitrogens is 1. The largest absolute Gasteiger partial charge is 0.273 e. The summed E-state index contributed by atoms with van der Waals surface area (Å²) in [5, 5.41) is 0.778. The van der Waals surface area contributed by atoms with E-state index in [9.17, 15) is 4.79 Å². The lowest BCUT2D eigenvalue weighted by molar-refractivity contribution is 1.14. The van der Waals surface area contributed by atoms with Crippen molar-refractivity contribution in [1.29, 1.82) is 0 Å². The lowest BCUT2D eigenvalue weighted by Crippen LogP contribution is -2.10. The zero-order valence-electron chi connectivity index (χ0n) is 8.76. The molecule has 2 nitrogen and oxygen atoms in total. The van der Waals surface area contributed by atoms with E-state index >= 15 is 0 Å². The van der Waals surface area contributed by atoms with Crippen LogP contribution in [0.1, 0.15) is 0 Å². The summed E-state index contributed by atoms with van der Waals surface area (Å²) in [5.41, 5.74) is 0.951. The van der Waals surface area contributed by atoms with E-state index in [0.29, 0.717) is 0 Å². The van der Waals surface area contributed by atoms with Gasteiger partial charge in [0, 0.05) is 4.47 Å². The highest BCUT2D eigenvalue weighted by Crippen LogP contribution is 2.20. The Kier molecular flexibility index (Phi) is 2.61. The Labute approximate surface area is 110 Å². The van der Waals surface area contributed by atoms with E-state index < -0.39 is 0 Å². The fraction of sp³-hybridized carbons (Fsp3) is 0. The first-order chi connectivity index (χ1) is 8.25. The predicted molar refractivity (Wildman–Crippen MR) is 75.1 cm³/mol. The van der Waals surface area contributed by atoms with Crippen LogP contribution in [0.15, 0.2) is 57.8 Å². The molecule has 2 aromatic carbocycles. The van der Waals surface area contributed by atoms with Gasteiger partial charge in [-0.15, -0.1) is 0 Å². The lowest BCUT2D eigenvalue weighted by atomic mass is 10.3. The summed E-state index contributed by atoms with van der Waals surface area (Å²) in [6.07, 6.45) is 0. The molecule has 3 rings (SSSR count). The number of benzene rings is 2. The van der Waals surface area contributed by atoms with Crippen molar-refractivity contribution < 1.29 is 0 Å². The molecule has 0 fully saturated rings. The third-order valence-corrected chi connectivity index (χ3v) is 4.19. The number of rotatable bonds is 1. The van der Waals surface area contributed by atoms with Crippen LogP contribution >= 0.6 is 27.5 Å². The van der Waals surface area contributed by atoms with Crippen molar-refractivity contribution in [1.82, 2.24) is 3.96 Å². The van der Waals surface area contributed by atoms with Gasteiger partial charge in [-0.1, -0.05) is 39.6 Å². The molecule has 0 bridgehead atoms. The van der Waals surface area contributed by atoms with Gasteiger partial charge in [-0.3, -0.25) is 4.79 Å². The fourth-order valence-corrected chi connectivity index (χ4v) is 2.98. The molecule has 0 atom stereocenters. The smallest absolute Gasteiger partial charge is 0.267 e. The standard InChI is InChI=1S/C13H8BrNOS/c14-9-5-7-10(8-6-9)15-13(16)11-3-1-2-4-12(11)17-15/h1-8H. The first-order valence-corrected chi connectivity index (χ1v) is 6.69. The van der Waals surface area contributed by atoms with Gasteiger partial charge in [0.15, 0.2) is 0 Å². The highest BCUT2D eigenvalue weighted by atomic mass is 79.9. The molecule has 0 aliphatic heterocycles. The second-order valence-electron chi connectivity index (χ2n) is 3.66. The molecule has 17 heavy (non-hydrogen) atoms.